The summed E-state index contributed by atoms with van der Waals surface area (Å²) in [5, 5.41) is 22.1. The van der Waals surface area contributed by atoms with E-state index in [-0.39, 0.29) is 36.8 Å². The van der Waals surface area contributed by atoms with Gasteiger partial charge in [-0.15, -0.1) is 12.4 Å². The maximum Gasteiger partial charge on any atom is 0.304 e. The van der Waals surface area contributed by atoms with Crippen molar-refractivity contribution in [2.75, 3.05) is 25.5 Å². The molecular formula is C14H20ClN3O5. The first-order valence-electron chi connectivity index (χ1n) is 6.75. The third kappa shape index (κ3) is 7.07. The Labute approximate surface area is 140 Å². The standard InChI is InChI=1S/C14H19N3O5.ClH/c1-10-11(4-3-5-12(10)17(21)22)15-13(18)6-8-16(2)9-7-14(19)20;/h3-5H,6-9H2,1-2H3,(H,15,18)(H,19,20);1H. The molecule has 0 saturated carbocycles. The molecule has 0 aliphatic heterocycles. The second-order valence-corrected chi connectivity index (χ2v) is 4.95. The Bertz CT molecular complexity index is 580. The lowest BCUT2D eigenvalue weighted by molar-refractivity contribution is -0.385. The Hall–Kier alpha value is -2.19. The van der Waals surface area contributed by atoms with Crippen molar-refractivity contribution in [2.24, 2.45) is 0 Å². The van der Waals surface area contributed by atoms with Gasteiger partial charge in [-0.05, 0) is 20.0 Å². The minimum atomic E-state index is -0.886. The van der Waals surface area contributed by atoms with Crippen LogP contribution < -0.4 is 5.32 Å². The summed E-state index contributed by atoms with van der Waals surface area (Å²) in [5.41, 5.74) is 0.767. The zero-order valence-corrected chi connectivity index (χ0v) is 13.8. The van der Waals surface area contributed by atoms with Crippen molar-refractivity contribution in [3.05, 3.63) is 33.9 Å². The first kappa shape index (κ1) is 20.8. The molecule has 8 nitrogen and oxygen atoms in total. The number of carbonyl (C=O) groups excluding carboxylic acids is 1. The summed E-state index contributed by atoms with van der Waals surface area (Å²) in [5.74, 6) is -1.16. The number of carboxylic acid groups (broad SMARTS) is 1. The van der Waals surface area contributed by atoms with Gasteiger partial charge in [-0.2, -0.15) is 0 Å². The van der Waals surface area contributed by atoms with Gasteiger partial charge in [0.05, 0.1) is 22.6 Å². The summed E-state index contributed by atoms with van der Waals surface area (Å²) in [7, 11) is 1.73. The predicted octanol–water partition coefficient (Wildman–Crippen LogP) is 2.06. The van der Waals surface area contributed by atoms with E-state index in [9.17, 15) is 19.7 Å². The second-order valence-electron chi connectivity index (χ2n) is 4.95. The third-order valence-electron chi connectivity index (χ3n) is 3.20. The molecule has 1 aromatic rings. The SMILES string of the molecule is Cc1c(NC(=O)CCN(C)CCC(=O)O)cccc1[N+](=O)[O-].Cl. The van der Waals surface area contributed by atoms with Crippen LogP contribution in [0.2, 0.25) is 0 Å². The van der Waals surface area contributed by atoms with Gasteiger partial charge in [0.1, 0.15) is 0 Å². The highest BCUT2D eigenvalue weighted by Crippen LogP contribution is 2.25. The Kier molecular flexibility index (Phi) is 8.82. The number of hydrogen-bond donors (Lipinski definition) is 2. The molecule has 2 N–H and O–H groups in total. The smallest absolute Gasteiger partial charge is 0.304 e. The molecule has 0 aliphatic rings. The fourth-order valence-electron chi connectivity index (χ4n) is 1.86. The molecule has 0 bridgehead atoms. The summed E-state index contributed by atoms with van der Waals surface area (Å²) >= 11 is 0. The zero-order valence-electron chi connectivity index (χ0n) is 12.9. The number of carboxylic acids is 1. The van der Waals surface area contributed by atoms with Crippen molar-refractivity contribution in [3.63, 3.8) is 0 Å². The molecule has 1 amide bonds. The van der Waals surface area contributed by atoms with E-state index < -0.39 is 10.9 Å². The van der Waals surface area contributed by atoms with Crippen molar-refractivity contribution in [3.8, 4) is 0 Å². The normalized spacial score (nSPS) is 10.0. The number of anilines is 1. The molecule has 0 unspecified atom stereocenters. The van der Waals surface area contributed by atoms with Gasteiger partial charge in [0.15, 0.2) is 0 Å². The first-order valence-corrected chi connectivity index (χ1v) is 6.75. The fraction of sp³-hybridized carbons (Fsp3) is 0.429. The number of nitro groups is 1. The first-order chi connectivity index (χ1) is 10.3. The minimum absolute atomic E-state index is 0. The van der Waals surface area contributed by atoms with Gasteiger partial charge in [0.25, 0.3) is 5.69 Å². The van der Waals surface area contributed by atoms with Gasteiger partial charge < -0.3 is 15.3 Å². The fourth-order valence-corrected chi connectivity index (χ4v) is 1.86. The van der Waals surface area contributed by atoms with Gasteiger partial charge in [0.2, 0.25) is 5.91 Å². The van der Waals surface area contributed by atoms with Crippen LogP contribution >= 0.6 is 12.4 Å². The average Bonchev–Trinajstić information content (AvgIpc) is 2.44. The van der Waals surface area contributed by atoms with Crippen LogP contribution in [0.25, 0.3) is 0 Å². The summed E-state index contributed by atoms with van der Waals surface area (Å²) < 4.78 is 0. The summed E-state index contributed by atoms with van der Waals surface area (Å²) in [6.07, 6.45) is 0.195. The van der Waals surface area contributed by atoms with Crippen molar-refractivity contribution in [1.82, 2.24) is 4.90 Å². The molecule has 0 atom stereocenters. The van der Waals surface area contributed by atoms with E-state index in [1.165, 1.54) is 12.1 Å². The van der Waals surface area contributed by atoms with Crippen LogP contribution in [0.1, 0.15) is 18.4 Å². The molecule has 0 heterocycles. The van der Waals surface area contributed by atoms with E-state index >= 15 is 0 Å². The Morgan fingerprint density at radius 3 is 2.48 bits per heavy atom. The zero-order chi connectivity index (χ0) is 16.7. The number of benzene rings is 1. The van der Waals surface area contributed by atoms with E-state index in [1.807, 2.05) is 0 Å². The lowest BCUT2D eigenvalue weighted by Gasteiger charge is -2.15. The van der Waals surface area contributed by atoms with Crippen LogP contribution in [-0.4, -0.2) is 46.9 Å². The number of nitrogens with zero attached hydrogens (tertiary/aromatic N) is 2. The number of halogens is 1. The number of nitrogens with one attached hydrogen (secondary N) is 1. The van der Waals surface area contributed by atoms with Crippen molar-refractivity contribution in [1.29, 1.82) is 0 Å². The van der Waals surface area contributed by atoms with Gasteiger partial charge in [0, 0.05) is 25.6 Å². The monoisotopic (exact) mass is 345 g/mol. The molecule has 0 fully saturated rings. The van der Waals surface area contributed by atoms with Crippen molar-refractivity contribution >= 4 is 35.7 Å². The van der Waals surface area contributed by atoms with Crippen LogP contribution in [0.15, 0.2) is 18.2 Å². The number of amides is 1. The van der Waals surface area contributed by atoms with E-state index in [4.69, 9.17) is 5.11 Å². The molecule has 128 valence electrons. The van der Waals surface area contributed by atoms with E-state index in [2.05, 4.69) is 5.32 Å². The minimum Gasteiger partial charge on any atom is -0.481 e. The number of nitro benzene ring substituents is 1. The number of aliphatic carboxylic acids is 1. The molecule has 23 heavy (non-hydrogen) atoms. The topological polar surface area (TPSA) is 113 Å². The summed E-state index contributed by atoms with van der Waals surface area (Å²) in [6.45, 7) is 2.35. The maximum atomic E-state index is 11.9. The van der Waals surface area contributed by atoms with Crippen molar-refractivity contribution in [2.45, 2.75) is 19.8 Å². The molecule has 0 aliphatic carbocycles. The number of hydrogen-bond acceptors (Lipinski definition) is 5. The van der Waals surface area contributed by atoms with Crippen LogP contribution in [0.3, 0.4) is 0 Å². The lowest BCUT2D eigenvalue weighted by Crippen LogP contribution is -2.26. The number of carbonyl (C=O) groups is 2. The average molecular weight is 346 g/mol. The van der Waals surface area contributed by atoms with E-state index in [0.717, 1.165) is 0 Å². The lowest BCUT2D eigenvalue weighted by atomic mass is 10.1. The second kappa shape index (κ2) is 9.75. The maximum absolute atomic E-state index is 11.9. The third-order valence-corrected chi connectivity index (χ3v) is 3.20. The molecule has 0 radical (unpaired) electrons. The molecule has 1 rings (SSSR count). The molecule has 0 saturated heterocycles. The molecule has 9 heteroatoms. The summed E-state index contributed by atoms with van der Waals surface area (Å²) in [4.78, 5) is 34.4. The molecule has 0 spiro atoms. The Balaban J connectivity index is 0.00000484. The van der Waals surface area contributed by atoms with Crippen LogP contribution in [0.4, 0.5) is 11.4 Å². The highest BCUT2D eigenvalue weighted by molar-refractivity contribution is 5.92. The van der Waals surface area contributed by atoms with Gasteiger partial charge in [-0.3, -0.25) is 19.7 Å². The highest BCUT2D eigenvalue weighted by atomic mass is 35.5. The largest absolute Gasteiger partial charge is 0.481 e. The van der Waals surface area contributed by atoms with Crippen molar-refractivity contribution < 1.29 is 19.6 Å². The number of rotatable bonds is 8. The van der Waals surface area contributed by atoms with Crippen LogP contribution in [-0.2, 0) is 9.59 Å². The van der Waals surface area contributed by atoms with Gasteiger partial charge >= 0.3 is 5.97 Å². The highest BCUT2D eigenvalue weighted by Gasteiger charge is 2.15. The van der Waals surface area contributed by atoms with E-state index in [1.54, 1.807) is 24.9 Å². The molecule has 1 aromatic carbocycles. The quantitative estimate of drug-likeness (QED) is 0.550. The Morgan fingerprint density at radius 1 is 1.30 bits per heavy atom. The van der Waals surface area contributed by atoms with E-state index in [0.29, 0.717) is 24.3 Å². The van der Waals surface area contributed by atoms with Crippen LogP contribution in [0.5, 0.6) is 0 Å². The van der Waals surface area contributed by atoms with Gasteiger partial charge in [-0.1, -0.05) is 6.07 Å². The predicted molar refractivity (Wildman–Crippen MR) is 88.1 cm³/mol. The molecular weight excluding hydrogens is 326 g/mol. The Morgan fingerprint density at radius 2 is 1.91 bits per heavy atom. The summed E-state index contributed by atoms with van der Waals surface area (Å²) in [6, 6.07) is 4.50. The molecule has 0 aromatic heterocycles. The van der Waals surface area contributed by atoms with Crippen LogP contribution in [0, 0.1) is 17.0 Å². The van der Waals surface area contributed by atoms with Gasteiger partial charge in [-0.25, -0.2) is 0 Å².